The number of nitrogens with zero attached hydrogens (tertiary/aromatic N) is 1. The molecule has 0 unspecified atom stereocenters. The molecule has 4 nitrogen and oxygen atoms in total. The van der Waals surface area contributed by atoms with E-state index in [4.69, 9.17) is 4.74 Å². The molecule has 0 saturated carbocycles. The first-order valence-corrected chi connectivity index (χ1v) is 8.08. The molecular weight excluding hydrogens is 303 g/mol. The zero-order valence-corrected chi connectivity index (χ0v) is 13.7. The molecule has 0 aliphatic carbocycles. The van der Waals surface area contributed by atoms with Crippen molar-refractivity contribution < 1.29 is 13.9 Å². The second-order valence-corrected chi connectivity index (χ2v) is 6.01. The van der Waals surface area contributed by atoms with Crippen LogP contribution in [-0.4, -0.2) is 23.5 Å². The summed E-state index contributed by atoms with van der Waals surface area (Å²) in [6, 6.07) is 4.72. The zero-order valence-electron chi connectivity index (χ0n) is 12.9. The summed E-state index contributed by atoms with van der Waals surface area (Å²) in [6.07, 6.45) is 0.865. The minimum Gasteiger partial charge on any atom is -0.494 e. The molecule has 0 spiro atoms. The van der Waals surface area contributed by atoms with E-state index in [-0.39, 0.29) is 11.9 Å². The van der Waals surface area contributed by atoms with E-state index in [1.807, 2.05) is 20.8 Å². The summed E-state index contributed by atoms with van der Waals surface area (Å²) in [5, 5.41) is 4.88. The smallest absolute Gasteiger partial charge is 0.270 e. The Morgan fingerprint density at radius 1 is 1.45 bits per heavy atom. The molecule has 2 aromatic rings. The van der Waals surface area contributed by atoms with Crippen molar-refractivity contribution in [3.63, 3.8) is 0 Å². The van der Waals surface area contributed by atoms with Crippen LogP contribution in [0.3, 0.4) is 0 Å². The van der Waals surface area contributed by atoms with Crippen molar-refractivity contribution in [3.05, 3.63) is 35.1 Å². The minimum absolute atomic E-state index is 0.0318. The molecule has 22 heavy (non-hydrogen) atoms. The molecule has 0 fully saturated rings. The standard InChI is InChI=1S/C16H19FN2O2S/c1-4-7-21-11-5-6-12(13(17)8-11)16-19-14(9-22-16)15(20)18-10(2)3/h5-6,8-10H,4,7H2,1-3H3,(H,18,20). The number of amides is 1. The number of hydrogen-bond acceptors (Lipinski definition) is 4. The summed E-state index contributed by atoms with van der Waals surface area (Å²) in [7, 11) is 0. The van der Waals surface area contributed by atoms with Gasteiger partial charge in [0.15, 0.2) is 0 Å². The molecule has 1 N–H and O–H groups in total. The van der Waals surface area contributed by atoms with Gasteiger partial charge in [0.05, 0.1) is 6.61 Å². The zero-order chi connectivity index (χ0) is 16.1. The maximum Gasteiger partial charge on any atom is 0.270 e. The molecule has 0 bridgehead atoms. The lowest BCUT2D eigenvalue weighted by Gasteiger charge is -2.06. The van der Waals surface area contributed by atoms with Crippen molar-refractivity contribution in [1.82, 2.24) is 10.3 Å². The van der Waals surface area contributed by atoms with Crippen LogP contribution < -0.4 is 10.1 Å². The third kappa shape index (κ3) is 4.04. The lowest BCUT2D eigenvalue weighted by molar-refractivity contribution is 0.0939. The number of carbonyl (C=O) groups excluding carboxylic acids is 1. The second kappa shape index (κ2) is 7.35. The van der Waals surface area contributed by atoms with E-state index in [9.17, 15) is 9.18 Å². The normalized spacial score (nSPS) is 10.8. The van der Waals surface area contributed by atoms with Gasteiger partial charge in [-0.2, -0.15) is 0 Å². The van der Waals surface area contributed by atoms with Crippen LogP contribution in [0, 0.1) is 5.82 Å². The van der Waals surface area contributed by atoms with Gasteiger partial charge in [-0.15, -0.1) is 11.3 Å². The van der Waals surface area contributed by atoms with Gasteiger partial charge in [-0.1, -0.05) is 6.92 Å². The topological polar surface area (TPSA) is 51.2 Å². The Morgan fingerprint density at radius 3 is 2.86 bits per heavy atom. The summed E-state index contributed by atoms with van der Waals surface area (Å²) >= 11 is 1.24. The van der Waals surface area contributed by atoms with Crippen LogP contribution in [0.1, 0.15) is 37.7 Å². The van der Waals surface area contributed by atoms with Gasteiger partial charge in [0, 0.05) is 23.1 Å². The number of aromatic nitrogens is 1. The maximum atomic E-state index is 14.2. The van der Waals surface area contributed by atoms with Gasteiger partial charge < -0.3 is 10.1 Å². The van der Waals surface area contributed by atoms with Crippen LogP contribution in [0.4, 0.5) is 4.39 Å². The minimum atomic E-state index is -0.404. The molecule has 0 aliphatic heterocycles. The summed E-state index contributed by atoms with van der Waals surface area (Å²) in [5.41, 5.74) is 0.678. The van der Waals surface area contributed by atoms with Crippen molar-refractivity contribution in [1.29, 1.82) is 0 Å². The molecular formula is C16H19FN2O2S. The fourth-order valence-corrected chi connectivity index (χ4v) is 2.64. The monoisotopic (exact) mass is 322 g/mol. The Balaban J connectivity index is 2.18. The number of ether oxygens (including phenoxy) is 1. The molecule has 0 radical (unpaired) electrons. The Kier molecular flexibility index (Phi) is 5.49. The molecule has 6 heteroatoms. The van der Waals surface area contributed by atoms with Crippen molar-refractivity contribution in [2.75, 3.05) is 6.61 Å². The van der Waals surface area contributed by atoms with E-state index >= 15 is 0 Å². The number of hydrogen-bond donors (Lipinski definition) is 1. The Hall–Kier alpha value is -1.95. The number of thiazole rings is 1. The highest BCUT2D eigenvalue weighted by molar-refractivity contribution is 7.13. The van der Waals surface area contributed by atoms with E-state index in [2.05, 4.69) is 10.3 Å². The maximum absolute atomic E-state index is 14.2. The Labute approximate surface area is 133 Å². The molecule has 118 valence electrons. The predicted molar refractivity (Wildman–Crippen MR) is 85.9 cm³/mol. The van der Waals surface area contributed by atoms with Crippen LogP contribution >= 0.6 is 11.3 Å². The average molecular weight is 322 g/mol. The van der Waals surface area contributed by atoms with Gasteiger partial charge in [-0.05, 0) is 32.4 Å². The average Bonchev–Trinajstić information content (AvgIpc) is 2.94. The molecule has 0 saturated heterocycles. The Bertz CT molecular complexity index is 655. The molecule has 0 atom stereocenters. The van der Waals surface area contributed by atoms with Crippen molar-refractivity contribution in [3.8, 4) is 16.3 Å². The van der Waals surface area contributed by atoms with Crippen LogP contribution in [0.15, 0.2) is 23.6 Å². The third-order valence-corrected chi connectivity index (χ3v) is 3.68. The van der Waals surface area contributed by atoms with E-state index < -0.39 is 5.82 Å². The van der Waals surface area contributed by atoms with Crippen LogP contribution in [0.5, 0.6) is 5.75 Å². The largest absolute Gasteiger partial charge is 0.494 e. The molecule has 1 aromatic heterocycles. The number of nitrogens with one attached hydrogen (secondary N) is 1. The fraction of sp³-hybridized carbons (Fsp3) is 0.375. The van der Waals surface area contributed by atoms with Gasteiger partial charge in [0.25, 0.3) is 5.91 Å². The summed E-state index contributed by atoms with van der Waals surface area (Å²) in [5.74, 6) is -0.156. The third-order valence-electron chi connectivity index (χ3n) is 2.80. The highest BCUT2D eigenvalue weighted by Crippen LogP contribution is 2.29. The summed E-state index contributed by atoms with van der Waals surface area (Å²) < 4.78 is 19.6. The highest BCUT2D eigenvalue weighted by atomic mass is 32.1. The van der Waals surface area contributed by atoms with Gasteiger partial charge in [-0.25, -0.2) is 9.37 Å². The quantitative estimate of drug-likeness (QED) is 0.878. The highest BCUT2D eigenvalue weighted by Gasteiger charge is 2.15. The molecule has 1 aromatic carbocycles. The summed E-state index contributed by atoms with van der Waals surface area (Å²) in [6.45, 7) is 6.29. The SMILES string of the molecule is CCCOc1ccc(-c2nc(C(=O)NC(C)C)cs2)c(F)c1. The lowest BCUT2D eigenvalue weighted by Crippen LogP contribution is -2.30. The van der Waals surface area contributed by atoms with E-state index in [1.165, 1.54) is 17.4 Å². The number of benzene rings is 1. The number of carbonyl (C=O) groups is 1. The van der Waals surface area contributed by atoms with Crippen molar-refractivity contribution in [2.24, 2.45) is 0 Å². The molecule has 0 aliphatic rings. The van der Waals surface area contributed by atoms with Gasteiger partial charge in [-0.3, -0.25) is 4.79 Å². The Morgan fingerprint density at radius 2 is 2.23 bits per heavy atom. The van der Waals surface area contributed by atoms with Crippen LogP contribution in [0.25, 0.3) is 10.6 Å². The van der Waals surface area contributed by atoms with Crippen molar-refractivity contribution >= 4 is 17.2 Å². The van der Waals surface area contributed by atoms with Gasteiger partial charge in [0.1, 0.15) is 22.3 Å². The van der Waals surface area contributed by atoms with E-state index in [0.717, 1.165) is 6.42 Å². The van der Waals surface area contributed by atoms with Crippen molar-refractivity contribution in [2.45, 2.75) is 33.2 Å². The van der Waals surface area contributed by atoms with Gasteiger partial charge in [0.2, 0.25) is 0 Å². The number of rotatable bonds is 6. The first kappa shape index (κ1) is 16.4. The first-order chi connectivity index (χ1) is 10.5. The fourth-order valence-electron chi connectivity index (χ4n) is 1.82. The van der Waals surface area contributed by atoms with Crippen LogP contribution in [0.2, 0.25) is 0 Å². The molecule has 1 heterocycles. The predicted octanol–water partition coefficient (Wildman–Crippen LogP) is 3.88. The molecule has 1 amide bonds. The van der Waals surface area contributed by atoms with Crippen LogP contribution in [-0.2, 0) is 0 Å². The lowest BCUT2D eigenvalue weighted by atomic mass is 10.2. The van der Waals surface area contributed by atoms with Gasteiger partial charge >= 0.3 is 0 Å². The second-order valence-electron chi connectivity index (χ2n) is 5.16. The molecule has 2 rings (SSSR count). The first-order valence-electron chi connectivity index (χ1n) is 7.20. The van der Waals surface area contributed by atoms with E-state index in [1.54, 1.807) is 17.5 Å². The number of halogens is 1. The van der Waals surface area contributed by atoms with E-state index in [0.29, 0.717) is 28.6 Å². The summed E-state index contributed by atoms with van der Waals surface area (Å²) in [4.78, 5) is 16.1.